The van der Waals surface area contributed by atoms with Crippen LogP contribution < -0.4 is 15.0 Å². The summed E-state index contributed by atoms with van der Waals surface area (Å²) in [6.07, 6.45) is 5.31. The first-order chi connectivity index (χ1) is 8.85. The predicted octanol–water partition coefficient (Wildman–Crippen LogP) is 2.06. The number of piperidine rings is 1. The molecule has 0 saturated carbocycles. The van der Waals surface area contributed by atoms with Crippen LogP contribution in [-0.2, 0) is 0 Å². The van der Waals surface area contributed by atoms with E-state index in [1.807, 2.05) is 25.4 Å². The van der Waals surface area contributed by atoms with Gasteiger partial charge in [-0.05, 0) is 38.4 Å². The Hall–Kier alpha value is -1.29. The largest absolute Gasteiger partial charge is 0.490 e. The van der Waals surface area contributed by atoms with Gasteiger partial charge in [-0.25, -0.2) is 4.98 Å². The van der Waals surface area contributed by atoms with Crippen LogP contribution in [0.25, 0.3) is 0 Å². The highest BCUT2D eigenvalue weighted by Gasteiger charge is 2.21. The fraction of sp³-hybridized carbons (Fsp3) is 0.643. The number of nitrogens with one attached hydrogen (secondary N) is 1. The molecule has 18 heavy (non-hydrogen) atoms. The molecule has 1 unspecified atom stereocenters. The van der Waals surface area contributed by atoms with E-state index >= 15 is 0 Å². The van der Waals surface area contributed by atoms with Gasteiger partial charge in [0.25, 0.3) is 0 Å². The average molecular weight is 249 g/mol. The van der Waals surface area contributed by atoms with E-state index in [2.05, 4.69) is 22.1 Å². The van der Waals surface area contributed by atoms with E-state index in [1.165, 1.54) is 12.8 Å². The van der Waals surface area contributed by atoms with Gasteiger partial charge in [-0.15, -0.1) is 0 Å². The fourth-order valence-electron chi connectivity index (χ4n) is 2.35. The van der Waals surface area contributed by atoms with Crippen LogP contribution in [0, 0.1) is 0 Å². The summed E-state index contributed by atoms with van der Waals surface area (Å²) in [5, 5.41) is 3.36. The minimum absolute atomic E-state index is 0.555. The number of pyridine rings is 1. The van der Waals surface area contributed by atoms with Crippen LogP contribution in [0.1, 0.15) is 26.2 Å². The van der Waals surface area contributed by atoms with Crippen LogP contribution in [0.4, 0.5) is 5.82 Å². The van der Waals surface area contributed by atoms with Crippen molar-refractivity contribution < 1.29 is 4.74 Å². The van der Waals surface area contributed by atoms with Gasteiger partial charge >= 0.3 is 0 Å². The molecule has 0 amide bonds. The first kappa shape index (κ1) is 13.1. The van der Waals surface area contributed by atoms with Crippen molar-refractivity contribution in [3.05, 3.63) is 18.3 Å². The Morgan fingerprint density at radius 3 is 3.22 bits per heavy atom. The van der Waals surface area contributed by atoms with Crippen LogP contribution >= 0.6 is 0 Å². The third kappa shape index (κ3) is 3.13. The van der Waals surface area contributed by atoms with Crippen molar-refractivity contribution in [3.63, 3.8) is 0 Å². The second kappa shape index (κ2) is 6.59. The Labute approximate surface area is 109 Å². The van der Waals surface area contributed by atoms with Crippen molar-refractivity contribution in [2.45, 2.75) is 32.2 Å². The zero-order valence-electron chi connectivity index (χ0n) is 11.4. The number of nitrogens with zero attached hydrogens (tertiary/aromatic N) is 2. The number of hydrogen-bond acceptors (Lipinski definition) is 4. The molecule has 0 spiro atoms. The number of aromatic nitrogens is 1. The van der Waals surface area contributed by atoms with Crippen molar-refractivity contribution in [3.8, 4) is 5.75 Å². The van der Waals surface area contributed by atoms with E-state index in [1.54, 1.807) is 0 Å². The van der Waals surface area contributed by atoms with Gasteiger partial charge in [-0.3, -0.25) is 0 Å². The molecule has 0 aromatic carbocycles. The molecule has 1 fully saturated rings. The quantitative estimate of drug-likeness (QED) is 0.866. The average Bonchev–Trinajstić information content (AvgIpc) is 2.45. The van der Waals surface area contributed by atoms with Gasteiger partial charge in [0.2, 0.25) is 0 Å². The van der Waals surface area contributed by atoms with Crippen LogP contribution in [0.5, 0.6) is 5.75 Å². The lowest BCUT2D eigenvalue weighted by Gasteiger charge is -2.34. The van der Waals surface area contributed by atoms with Gasteiger partial charge in [0, 0.05) is 25.3 Å². The first-order valence-corrected chi connectivity index (χ1v) is 6.85. The number of anilines is 1. The second-order valence-corrected chi connectivity index (χ2v) is 4.75. The van der Waals surface area contributed by atoms with Gasteiger partial charge in [-0.2, -0.15) is 0 Å². The van der Waals surface area contributed by atoms with Crippen molar-refractivity contribution in [2.24, 2.45) is 0 Å². The van der Waals surface area contributed by atoms with Crippen molar-refractivity contribution in [2.75, 3.05) is 31.6 Å². The molecule has 1 aliphatic rings. The maximum Gasteiger partial charge on any atom is 0.171 e. The third-order valence-electron chi connectivity index (χ3n) is 3.34. The molecule has 0 aliphatic carbocycles. The summed E-state index contributed by atoms with van der Waals surface area (Å²) in [4.78, 5) is 6.83. The number of hydrogen-bond donors (Lipinski definition) is 1. The van der Waals surface area contributed by atoms with E-state index in [0.717, 1.165) is 37.7 Å². The molecule has 4 nitrogen and oxygen atoms in total. The van der Waals surface area contributed by atoms with Gasteiger partial charge < -0.3 is 15.0 Å². The summed E-state index contributed by atoms with van der Waals surface area (Å²) in [6.45, 7) is 4.95. The summed E-state index contributed by atoms with van der Waals surface area (Å²) in [5.74, 6) is 1.90. The summed E-state index contributed by atoms with van der Waals surface area (Å²) in [5.41, 5.74) is 0. The van der Waals surface area contributed by atoms with E-state index in [9.17, 15) is 0 Å². The molecule has 0 bridgehead atoms. The molecule has 1 aliphatic heterocycles. The lowest BCUT2D eigenvalue weighted by atomic mass is 10.1. The Kier molecular flexibility index (Phi) is 4.81. The van der Waals surface area contributed by atoms with E-state index in [-0.39, 0.29) is 0 Å². The van der Waals surface area contributed by atoms with Crippen molar-refractivity contribution in [1.82, 2.24) is 10.3 Å². The smallest absolute Gasteiger partial charge is 0.171 e. The van der Waals surface area contributed by atoms with Gasteiger partial charge in [0.15, 0.2) is 11.6 Å². The Morgan fingerprint density at radius 1 is 1.56 bits per heavy atom. The van der Waals surface area contributed by atoms with Crippen molar-refractivity contribution >= 4 is 5.82 Å². The summed E-state index contributed by atoms with van der Waals surface area (Å²) in [6, 6.07) is 4.51. The van der Waals surface area contributed by atoms with Crippen LogP contribution in [0.3, 0.4) is 0 Å². The number of likely N-dealkylation sites (N-methyl/N-ethyl adjacent to an activating group) is 1. The van der Waals surface area contributed by atoms with Crippen LogP contribution in [0.15, 0.2) is 18.3 Å². The second-order valence-electron chi connectivity index (χ2n) is 4.75. The third-order valence-corrected chi connectivity index (χ3v) is 3.34. The molecule has 0 radical (unpaired) electrons. The predicted molar refractivity (Wildman–Crippen MR) is 74.3 cm³/mol. The zero-order chi connectivity index (χ0) is 12.8. The van der Waals surface area contributed by atoms with Crippen LogP contribution in [-0.4, -0.2) is 37.8 Å². The van der Waals surface area contributed by atoms with E-state index in [4.69, 9.17) is 4.74 Å². The molecule has 4 heteroatoms. The van der Waals surface area contributed by atoms with Gasteiger partial charge in [-0.1, -0.05) is 6.92 Å². The maximum atomic E-state index is 5.78. The van der Waals surface area contributed by atoms with Crippen LogP contribution in [0.2, 0.25) is 0 Å². The Bertz CT molecular complexity index is 370. The molecule has 100 valence electrons. The molecule has 1 aromatic rings. The molecule has 1 atom stereocenters. The SMILES string of the molecule is CCCOc1cccnc1N1CCCC(NC)C1. The molecule has 1 saturated heterocycles. The van der Waals surface area contributed by atoms with Gasteiger partial charge in [0.05, 0.1) is 6.61 Å². The maximum absolute atomic E-state index is 5.78. The summed E-state index contributed by atoms with van der Waals surface area (Å²) in [7, 11) is 2.03. The minimum atomic E-state index is 0.555. The lowest BCUT2D eigenvalue weighted by Crippen LogP contribution is -2.44. The zero-order valence-corrected chi connectivity index (χ0v) is 11.4. The molecular formula is C14H23N3O. The Balaban J connectivity index is 2.11. The summed E-state index contributed by atoms with van der Waals surface area (Å²) >= 11 is 0. The monoisotopic (exact) mass is 249 g/mol. The number of rotatable bonds is 5. The number of ether oxygens (including phenoxy) is 1. The normalized spacial score (nSPS) is 19.9. The molecule has 2 rings (SSSR count). The fourth-order valence-corrected chi connectivity index (χ4v) is 2.35. The Morgan fingerprint density at radius 2 is 2.44 bits per heavy atom. The molecule has 1 aromatic heterocycles. The van der Waals surface area contributed by atoms with Gasteiger partial charge in [0.1, 0.15) is 0 Å². The highest BCUT2D eigenvalue weighted by molar-refractivity contribution is 5.52. The molecule has 1 N–H and O–H groups in total. The standard InChI is InChI=1S/C14H23N3O/c1-3-10-18-13-7-4-8-16-14(13)17-9-5-6-12(11-17)15-2/h4,7-8,12,15H,3,5-6,9-11H2,1-2H3. The lowest BCUT2D eigenvalue weighted by molar-refractivity contribution is 0.315. The highest BCUT2D eigenvalue weighted by Crippen LogP contribution is 2.27. The minimum Gasteiger partial charge on any atom is -0.490 e. The van der Waals surface area contributed by atoms with Crippen molar-refractivity contribution in [1.29, 1.82) is 0 Å². The molecular weight excluding hydrogens is 226 g/mol. The molecule has 2 heterocycles. The topological polar surface area (TPSA) is 37.4 Å². The summed E-state index contributed by atoms with van der Waals surface area (Å²) < 4.78 is 5.78. The first-order valence-electron chi connectivity index (χ1n) is 6.85. The highest BCUT2D eigenvalue weighted by atomic mass is 16.5. The van der Waals surface area contributed by atoms with E-state index < -0.39 is 0 Å². The van der Waals surface area contributed by atoms with E-state index in [0.29, 0.717) is 6.04 Å².